The summed E-state index contributed by atoms with van der Waals surface area (Å²) in [5.74, 6) is -0.736. The van der Waals surface area contributed by atoms with E-state index in [4.69, 9.17) is 11.6 Å². The highest BCUT2D eigenvalue weighted by Gasteiger charge is 2.40. The Labute approximate surface area is 259 Å². The van der Waals surface area contributed by atoms with E-state index in [2.05, 4.69) is 39.4 Å². The molecule has 3 aliphatic heterocycles. The lowest BCUT2D eigenvalue weighted by Crippen LogP contribution is -2.52. The fourth-order valence-electron chi connectivity index (χ4n) is 8.28. The maximum atomic E-state index is 13.1. The quantitative estimate of drug-likeness (QED) is 0.449. The number of imide groups is 1. The first-order valence-corrected chi connectivity index (χ1v) is 16.4. The fraction of sp³-hybridized carbons (Fsp3) is 0.514. The van der Waals surface area contributed by atoms with Crippen LogP contribution in [0.15, 0.2) is 48.0 Å². The van der Waals surface area contributed by atoms with Gasteiger partial charge in [-0.05, 0) is 84.4 Å². The third-order valence-electron chi connectivity index (χ3n) is 10.7. The van der Waals surface area contributed by atoms with Gasteiger partial charge in [0.2, 0.25) is 11.8 Å². The molecule has 0 aromatic heterocycles. The summed E-state index contributed by atoms with van der Waals surface area (Å²) in [6.07, 6.45) is 9.94. The smallest absolute Gasteiger partial charge is 0.255 e. The normalized spacial score (nSPS) is 24.6. The fourth-order valence-corrected chi connectivity index (χ4v) is 8.40. The third-order valence-corrected chi connectivity index (χ3v) is 10.9. The highest BCUT2D eigenvalue weighted by Crippen LogP contribution is 2.52. The lowest BCUT2D eigenvalue weighted by Gasteiger charge is -2.40. The molecule has 7 rings (SSSR count). The summed E-state index contributed by atoms with van der Waals surface area (Å²) in [4.78, 5) is 43.8. The lowest BCUT2D eigenvalue weighted by molar-refractivity contribution is -0.136. The number of hydrogen-bond acceptors (Lipinski definition) is 5. The number of fused-ring (bicyclic) bond motifs is 1. The van der Waals surface area contributed by atoms with Crippen molar-refractivity contribution in [2.24, 2.45) is 5.41 Å². The Morgan fingerprint density at radius 3 is 2.30 bits per heavy atom. The minimum absolute atomic E-state index is 0.112. The molecule has 2 aliphatic carbocycles. The topological polar surface area (TPSA) is 73.0 Å². The molecule has 5 aliphatic rings. The minimum Gasteiger partial charge on any atom is -0.322 e. The first kappa shape index (κ1) is 28.8. The van der Waals surface area contributed by atoms with E-state index in [1.165, 1.54) is 56.1 Å². The zero-order valence-electron chi connectivity index (χ0n) is 24.9. The van der Waals surface area contributed by atoms with E-state index in [1.807, 2.05) is 18.2 Å². The molecule has 43 heavy (non-hydrogen) atoms. The number of hydrogen-bond donors (Lipinski definition) is 1. The largest absolute Gasteiger partial charge is 0.322 e. The van der Waals surface area contributed by atoms with Gasteiger partial charge in [0.05, 0.1) is 0 Å². The average molecular weight is 601 g/mol. The van der Waals surface area contributed by atoms with E-state index in [-0.39, 0.29) is 24.1 Å². The maximum absolute atomic E-state index is 13.1. The Hall–Kier alpha value is -3.00. The van der Waals surface area contributed by atoms with Crippen molar-refractivity contribution in [1.82, 2.24) is 20.0 Å². The highest BCUT2D eigenvalue weighted by molar-refractivity contribution is 6.30. The van der Waals surface area contributed by atoms with Crippen LogP contribution in [0.2, 0.25) is 5.02 Å². The van der Waals surface area contributed by atoms with Gasteiger partial charge in [0.25, 0.3) is 5.91 Å². The zero-order valence-corrected chi connectivity index (χ0v) is 25.6. The van der Waals surface area contributed by atoms with Gasteiger partial charge in [-0.1, -0.05) is 54.3 Å². The summed E-state index contributed by atoms with van der Waals surface area (Å²) in [6.45, 7) is 6.49. The van der Waals surface area contributed by atoms with Crippen molar-refractivity contribution >= 4 is 34.9 Å². The van der Waals surface area contributed by atoms with E-state index in [1.54, 1.807) is 16.0 Å². The van der Waals surface area contributed by atoms with Crippen molar-refractivity contribution in [2.45, 2.75) is 76.9 Å². The monoisotopic (exact) mass is 600 g/mol. The molecule has 1 unspecified atom stereocenters. The van der Waals surface area contributed by atoms with E-state index in [9.17, 15) is 14.4 Å². The number of carbonyl (C=O) groups excluding carboxylic acids is 3. The summed E-state index contributed by atoms with van der Waals surface area (Å²) in [6, 6.07) is 14.0. The van der Waals surface area contributed by atoms with Crippen LogP contribution in [-0.4, -0.2) is 71.2 Å². The second-order valence-electron chi connectivity index (χ2n) is 13.4. The molecule has 2 aromatic carbocycles. The molecule has 3 amide bonds. The van der Waals surface area contributed by atoms with Crippen LogP contribution < -0.4 is 5.32 Å². The van der Waals surface area contributed by atoms with Gasteiger partial charge in [-0.25, -0.2) is 0 Å². The average Bonchev–Trinajstić information content (AvgIpc) is 3.58. The second kappa shape index (κ2) is 11.8. The van der Waals surface area contributed by atoms with Crippen LogP contribution in [0.1, 0.15) is 84.8 Å². The van der Waals surface area contributed by atoms with Crippen LogP contribution in [0.25, 0.3) is 5.57 Å². The van der Waals surface area contributed by atoms with Crippen molar-refractivity contribution < 1.29 is 14.4 Å². The molecule has 0 radical (unpaired) electrons. The number of amides is 3. The Balaban J connectivity index is 0.982. The SMILES string of the molecule is O=C1CCC(N2Cc3cc(CN4CCN(CC5=C(c6ccc(Cl)cc6)CCC6(CCCC6)C5)CC4)ccc3C2=O)C(=O)N1. The lowest BCUT2D eigenvalue weighted by atomic mass is 9.69. The molecule has 226 valence electrons. The molecular weight excluding hydrogens is 560 g/mol. The van der Waals surface area contributed by atoms with E-state index >= 15 is 0 Å². The van der Waals surface area contributed by atoms with Crippen molar-refractivity contribution in [2.75, 3.05) is 32.7 Å². The predicted octanol–water partition coefficient (Wildman–Crippen LogP) is 5.42. The summed E-state index contributed by atoms with van der Waals surface area (Å²) >= 11 is 6.22. The van der Waals surface area contributed by atoms with Crippen molar-refractivity contribution in [3.05, 3.63) is 75.3 Å². The van der Waals surface area contributed by atoms with Crippen molar-refractivity contribution in [3.63, 3.8) is 0 Å². The number of benzene rings is 2. The van der Waals surface area contributed by atoms with Gasteiger partial charge in [-0.15, -0.1) is 0 Å². The molecule has 2 saturated heterocycles. The first-order chi connectivity index (χ1) is 20.9. The molecular formula is C35H41ClN4O3. The number of halogens is 1. The molecule has 0 bridgehead atoms. The zero-order chi connectivity index (χ0) is 29.6. The highest BCUT2D eigenvalue weighted by atomic mass is 35.5. The Morgan fingerprint density at radius 2 is 1.58 bits per heavy atom. The van der Waals surface area contributed by atoms with E-state index in [0.717, 1.165) is 49.9 Å². The number of nitrogens with zero attached hydrogens (tertiary/aromatic N) is 3. The molecule has 2 aromatic rings. The van der Waals surface area contributed by atoms with Crippen LogP contribution >= 0.6 is 11.6 Å². The molecule has 8 heteroatoms. The molecule has 7 nitrogen and oxygen atoms in total. The molecule has 1 saturated carbocycles. The van der Waals surface area contributed by atoms with Gasteiger partial charge in [0.15, 0.2) is 0 Å². The molecule has 1 spiro atoms. The molecule has 1 N–H and O–H groups in total. The van der Waals surface area contributed by atoms with Crippen molar-refractivity contribution in [1.29, 1.82) is 0 Å². The van der Waals surface area contributed by atoms with E-state index < -0.39 is 6.04 Å². The van der Waals surface area contributed by atoms with Crippen molar-refractivity contribution in [3.8, 4) is 0 Å². The summed E-state index contributed by atoms with van der Waals surface area (Å²) in [5.41, 5.74) is 7.92. The van der Waals surface area contributed by atoms with Crippen LogP contribution in [0, 0.1) is 5.41 Å². The van der Waals surface area contributed by atoms with Crippen LogP contribution in [0.4, 0.5) is 0 Å². The summed E-state index contributed by atoms with van der Waals surface area (Å²) < 4.78 is 0. The van der Waals surface area contributed by atoms with Gasteiger partial charge in [-0.2, -0.15) is 0 Å². The van der Waals surface area contributed by atoms with Crippen LogP contribution in [0.5, 0.6) is 0 Å². The molecule has 1 atom stereocenters. The summed E-state index contributed by atoms with van der Waals surface area (Å²) in [5, 5.41) is 3.18. The standard InChI is InChI=1S/C35H41ClN4O3/c36-28-6-4-25(5-7-28)29-11-14-35(12-1-2-13-35)20-27(29)22-39-17-15-38(16-18-39)21-24-3-8-30-26(19-24)23-40(34(30)43)31-9-10-32(41)37-33(31)42/h3-8,19,31H,1-2,9-18,20-23H2,(H,37,41,42). The third kappa shape index (κ3) is 5.92. The molecule has 3 fully saturated rings. The number of piperidine rings is 1. The van der Waals surface area contributed by atoms with Crippen LogP contribution in [-0.2, 0) is 22.7 Å². The minimum atomic E-state index is -0.572. The van der Waals surface area contributed by atoms with Crippen LogP contribution in [0.3, 0.4) is 0 Å². The van der Waals surface area contributed by atoms with Gasteiger partial charge < -0.3 is 4.90 Å². The number of piperazine rings is 1. The maximum Gasteiger partial charge on any atom is 0.255 e. The van der Waals surface area contributed by atoms with Gasteiger partial charge in [-0.3, -0.25) is 29.5 Å². The van der Waals surface area contributed by atoms with Gasteiger partial charge in [0, 0.05) is 62.8 Å². The Kier molecular flexibility index (Phi) is 7.91. The number of nitrogens with one attached hydrogen (secondary N) is 1. The molecule has 3 heterocycles. The Morgan fingerprint density at radius 1 is 0.860 bits per heavy atom. The van der Waals surface area contributed by atoms with E-state index in [0.29, 0.717) is 23.9 Å². The number of rotatable bonds is 6. The van der Waals surface area contributed by atoms with Gasteiger partial charge in [0.1, 0.15) is 6.04 Å². The van der Waals surface area contributed by atoms with Gasteiger partial charge >= 0.3 is 0 Å². The Bertz CT molecular complexity index is 1450. The summed E-state index contributed by atoms with van der Waals surface area (Å²) in [7, 11) is 0. The number of allylic oxidation sites excluding steroid dienone is 1. The number of carbonyl (C=O) groups is 3. The first-order valence-electron chi connectivity index (χ1n) is 16.0. The predicted molar refractivity (Wildman–Crippen MR) is 167 cm³/mol. The second-order valence-corrected chi connectivity index (χ2v) is 13.9.